The Bertz CT molecular complexity index is 935. The molecule has 0 aliphatic rings. The van der Waals surface area contributed by atoms with Crippen LogP contribution in [0, 0.1) is 24.0 Å². The lowest BCUT2D eigenvalue weighted by atomic mass is 10.1. The molecular formula is C17H18N2O6S. The van der Waals surface area contributed by atoms with Crippen LogP contribution in [0.5, 0.6) is 0 Å². The van der Waals surface area contributed by atoms with E-state index < -0.39 is 27.5 Å². The monoisotopic (exact) mass is 378 g/mol. The molecule has 26 heavy (non-hydrogen) atoms. The van der Waals surface area contributed by atoms with Crippen LogP contribution in [0.2, 0.25) is 0 Å². The van der Waals surface area contributed by atoms with Crippen LogP contribution in [0.3, 0.4) is 0 Å². The van der Waals surface area contributed by atoms with Gasteiger partial charge in [-0.25, -0.2) is 8.42 Å². The van der Waals surface area contributed by atoms with Crippen LogP contribution in [0.25, 0.3) is 0 Å². The number of anilines is 1. The maximum absolute atomic E-state index is 13.2. The van der Waals surface area contributed by atoms with E-state index in [0.717, 1.165) is 17.5 Å². The highest BCUT2D eigenvalue weighted by Gasteiger charge is 2.30. The number of nitro groups is 1. The van der Waals surface area contributed by atoms with Gasteiger partial charge in [0.2, 0.25) is 0 Å². The number of non-ortho nitro benzene ring substituents is 1. The largest absolute Gasteiger partial charge is 0.468 e. The lowest BCUT2D eigenvalue weighted by molar-refractivity contribution is -0.385. The summed E-state index contributed by atoms with van der Waals surface area (Å²) in [7, 11) is -3.07. The molecule has 2 aromatic rings. The summed E-state index contributed by atoms with van der Waals surface area (Å²) in [6.45, 7) is 2.89. The molecule has 0 aliphatic carbocycles. The second-order valence-corrected chi connectivity index (χ2v) is 7.45. The number of esters is 1. The third-order valence-electron chi connectivity index (χ3n) is 3.81. The second-order valence-electron chi connectivity index (χ2n) is 5.58. The summed E-state index contributed by atoms with van der Waals surface area (Å²) in [6, 6.07) is 9.90. The number of carbonyl (C=O) groups is 1. The molecule has 0 spiro atoms. The SMILES string of the molecule is COC(=O)CN(c1c(C)cccc1C)S(=O)(=O)c1cccc([N+](=O)[O-])c1. The Kier molecular flexibility index (Phi) is 5.61. The van der Waals surface area contributed by atoms with Crippen molar-refractivity contribution in [1.82, 2.24) is 0 Å². The standard InChI is InChI=1S/C17H18N2O6S/c1-12-6-4-7-13(2)17(12)18(11-16(20)25-3)26(23,24)15-9-5-8-14(10-15)19(21)22/h4-10H,11H2,1-3H3. The predicted molar refractivity (Wildman–Crippen MR) is 95.6 cm³/mol. The maximum Gasteiger partial charge on any atom is 0.326 e. The smallest absolute Gasteiger partial charge is 0.326 e. The predicted octanol–water partition coefficient (Wildman–Crippen LogP) is 2.58. The fourth-order valence-corrected chi connectivity index (χ4v) is 4.13. The zero-order chi connectivity index (χ0) is 19.5. The topological polar surface area (TPSA) is 107 Å². The van der Waals surface area contributed by atoms with Crippen molar-refractivity contribution in [2.45, 2.75) is 18.7 Å². The Hall–Kier alpha value is -2.94. The highest BCUT2D eigenvalue weighted by atomic mass is 32.2. The number of rotatable bonds is 6. The van der Waals surface area contributed by atoms with Crippen molar-refractivity contribution in [2.75, 3.05) is 18.0 Å². The van der Waals surface area contributed by atoms with E-state index in [1.54, 1.807) is 32.0 Å². The molecule has 0 bridgehead atoms. The van der Waals surface area contributed by atoms with E-state index in [4.69, 9.17) is 0 Å². The Morgan fingerprint density at radius 2 is 1.73 bits per heavy atom. The van der Waals surface area contributed by atoms with E-state index in [2.05, 4.69) is 4.74 Å². The van der Waals surface area contributed by atoms with E-state index in [0.29, 0.717) is 16.8 Å². The fraction of sp³-hybridized carbons (Fsp3) is 0.235. The van der Waals surface area contributed by atoms with Crippen LogP contribution in [0.1, 0.15) is 11.1 Å². The first-order valence-electron chi connectivity index (χ1n) is 7.58. The second kappa shape index (κ2) is 7.52. The molecule has 0 fully saturated rings. The molecule has 8 nitrogen and oxygen atoms in total. The maximum atomic E-state index is 13.2. The number of hydrogen-bond acceptors (Lipinski definition) is 6. The third-order valence-corrected chi connectivity index (χ3v) is 5.55. The van der Waals surface area contributed by atoms with Crippen molar-refractivity contribution < 1.29 is 22.9 Å². The normalized spacial score (nSPS) is 11.0. The van der Waals surface area contributed by atoms with Gasteiger partial charge < -0.3 is 4.74 Å². The number of nitrogens with zero attached hydrogens (tertiary/aromatic N) is 2. The first kappa shape index (κ1) is 19.4. The zero-order valence-electron chi connectivity index (χ0n) is 14.5. The number of benzene rings is 2. The molecular weight excluding hydrogens is 360 g/mol. The molecule has 0 aliphatic heterocycles. The summed E-state index contributed by atoms with van der Waals surface area (Å²) in [5.41, 5.74) is 1.26. The summed E-state index contributed by atoms with van der Waals surface area (Å²) < 4.78 is 31.9. The van der Waals surface area contributed by atoms with Crippen molar-refractivity contribution in [1.29, 1.82) is 0 Å². The number of sulfonamides is 1. The summed E-state index contributed by atoms with van der Waals surface area (Å²) in [6.07, 6.45) is 0. The number of nitro benzene ring substituents is 1. The minimum atomic E-state index is -4.23. The van der Waals surface area contributed by atoms with Gasteiger partial charge in [-0.05, 0) is 31.0 Å². The van der Waals surface area contributed by atoms with Crippen LogP contribution in [0.15, 0.2) is 47.4 Å². The van der Waals surface area contributed by atoms with Crippen molar-refractivity contribution in [3.05, 3.63) is 63.7 Å². The Labute approximate surface area is 151 Å². The molecule has 0 radical (unpaired) electrons. The molecule has 0 saturated heterocycles. The van der Waals surface area contributed by atoms with Crippen LogP contribution in [0.4, 0.5) is 11.4 Å². The molecule has 9 heteroatoms. The van der Waals surface area contributed by atoms with E-state index in [1.165, 1.54) is 18.2 Å². The highest BCUT2D eigenvalue weighted by Crippen LogP contribution is 2.31. The molecule has 0 atom stereocenters. The van der Waals surface area contributed by atoms with E-state index in [9.17, 15) is 23.3 Å². The average Bonchev–Trinajstić information content (AvgIpc) is 2.60. The summed E-state index contributed by atoms with van der Waals surface area (Å²) >= 11 is 0. The third kappa shape index (κ3) is 3.83. The van der Waals surface area contributed by atoms with Crippen LogP contribution < -0.4 is 4.31 Å². The van der Waals surface area contributed by atoms with Crippen molar-refractivity contribution in [3.8, 4) is 0 Å². The Balaban J connectivity index is 2.66. The molecule has 0 amide bonds. The lowest BCUT2D eigenvalue weighted by Crippen LogP contribution is -2.37. The van der Waals surface area contributed by atoms with Crippen LogP contribution >= 0.6 is 0 Å². The van der Waals surface area contributed by atoms with Gasteiger partial charge >= 0.3 is 5.97 Å². The molecule has 2 aromatic carbocycles. The number of ether oxygens (including phenoxy) is 1. The Morgan fingerprint density at radius 1 is 1.15 bits per heavy atom. The van der Waals surface area contributed by atoms with Gasteiger partial charge in [0.15, 0.2) is 0 Å². The van der Waals surface area contributed by atoms with Gasteiger partial charge in [0.05, 0.1) is 22.6 Å². The van der Waals surface area contributed by atoms with Gasteiger partial charge in [0.1, 0.15) is 6.54 Å². The summed E-state index contributed by atoms with van der Waals surface area (Å²) in [5.74, 6) is -0.748. The van der Waals surface area contributed by atoms with Crippen molar-refractivity contribution in [2.24, 2.45) is 0 Å². The number of hydrogen-bond donors (Lipinski definition) is 0. The molecule has 0 N–H and O–H groups in total. The summed E-state index contributed by atoms with van der Waals surface area (Å²) in [4.78, 5) is 21.9. The zero-order valence-corrected chi connectivity index (χ0v) is 15.3. The molecule has 0 saturated carbocycles. The minimum Gasteiger partial charge on any atom is -0.468 e. The van der Waals surface area contributed by atoms with Crippen molar-refractivity contribution in [3.63, 3.8) is 0 Å². The van der Waals surface area contributed by atoms with Gasteiger partial charge in [0, 0.05) is 12.1 Å². The Morgan fingerprint density at radius 3 is 2.27 bits per heavy atom. The van der Waals surface area contributed by atoms with Gasteiger partial charge in [-0.2, -0.15) is 0 Å². The fourth-order valence-electron chi connectivity index (χ4n) is 2.55. The summed E-state index contributed by atoms with van der Waals surface area (Å²) in [5, 5.41) is 11.0. The number of carbonyl (C=O) groups excluding carboxylic acids is 1. The van der Waals surface area contributed by atoms with Gasteiger partial charge in [-0.3, -0.25) is 19.2 Å². The number of methoxy groups -OCH3 is 1. The molecule has 0 unspecified atom stereocenters. The highest BCUT2D eigenvalue weighted by molar-refractivity contribution is 7.92. The van der Waals surface area contributed by atoms with Crippen molar-refractivity contribution >= 4 is 27.4 Å². The van der Waals surface area contributed by atoms with E-state index in [1.807, 2.05) is 0 Å². The molecule has 2 rings (SSSR count). The van der Waals surface area contributed by atoms with Gasteiger partial charge in [0.25, 0.3) is 15.7 Å². The van der Waals surface area contributed by atoms with Crippen LogP contribution in [-0.4, -0.2) is 33.0 Å². The lowest BCUT2D eigenvalue weighted by Gasteiger charge is -2.26. The van der Waals surface area contributed by atoms with E-state index >= 15 is 0 Å². The molecule has 138 valence electrons. The average molecular weight is 378 g/mol. The van der Waals surface area contributed by atoms with E-state index in [-0.39, 0.29) is 10.6 Å². The van der Waals surface area contributed by atoms with Gasteiger partial charge in [-0.1, -0.05) is 24.3 Å². The minimum absolute atomic E-state index is 0.279. The van der Waals surface area contributed by atoms with Gasteiger partial charge in [-0.15, -0.1) is 0 Å². The van der Waals surface area contributed by atoms with Crippen LogP contribution in [-0.2, 0) is 19.6 Å². The molecule has 0 aromatic heterocycles. The quantitative estimate of drug-likeness (QED) is 0.434. The number of para-hydroxylation sites is 1. The first-order valence-corrected chi connectivity index (χ1v) is 9.02. The number of aryl methyl sites for hydroxylation is 2. The first-order chi connectivity index (χ1) is 12.2. The molecule has 0 heterocycles.